The third-order valence-corrected chi connectivity index (χ3v) is 3.00. The van der Waals surface area contributed by atoms with E-state index in [1.807, 2.05) is 0 Å². The van der Waals surface area contributed by atoms with Gasteiger partial charge in [-0.25, -0.2) is 4.98 Å². The second-order valence-electron chi connectivity index (χ2n) is 3.37. The van der Waals surface area contributed by atoms with E-state index in [0.717, 1.165) is 36.8 Å². The molecule has 0 spiro atoms. The van der Waals surface area contributed by atoms with Gasteiger partial charge >= 0.3 is 0 Å². The molecule has 0 bridgehead atoms. The Morgan fingerprint density at radius 1 is 1.38 bits per heavy atom. The molecule has 0 aliphatic heterocycles. The van der Waals surface area contributed by atoms with Gasteiger partial charge in [0.25, 0.3) is 0 Å². The van der Waals surface area contributed by atoms with Gasteiger partial charge in [0.15, 0.2) is 0 Å². The van der Waals surface area contributed by atoms with E-state index in [9.17, 15) is 0 Å². The van der Waals surface area contributed by atoms with E-state index in [0.29, 0.717) is 13.2 Å². The topological polar surface area (TPSA) is 43.4 Å². The SMILES string of the molecule is CCNCc1csc(CCOCCOC)n1. The first kappa shape index (κ1) is 13.6. The van der Waals surface area contributed by atoms with E-state index in [4.69, 9.17) is 9.47 Å². The van der Waals surface area contributed by atoms with E-state index < -0.39 is 0 Å². The summed E-state index contributed by atoms with van der Waals surface area (Å²) in [6.45, 7) is 5.97. The first-order chi connectivity index (χ1) is 7.86. The Morgan fingerprint density at radius 3 is 3.00 bits per heavy atom. The van der Waals surface area contributed by atoms with Crippen molar-refractivity contribution in [1.29, 1.82) is 0 Å². The summed E-state index contributed by atoms with van der Waals surface area (Å²) in [5, 5.41) is 6.51. The average Bonchev–Trinajstić information content (AvgIpc) is 2.74. The fourth-order valence-electron chi connectivity index (χ4n) is 1.20. The molecule has 1 N–H and O–H groups in total. The van der Waals surface area contributed by atoms with Crippen LogP contribution in [-0.2, 0) is 22.4 Å². The number of nitrogens with one attached hydrogen (secondary N) is 1. The number of ether oxygens (including phenoxy) is 2. The predicted molar refractivity (Wildman–Crippen MR) is 65.9 cm³/mol. The molecule has 4 nitrogen and oxygen atoms in total. The minimum atomic E-state index is 0.656. The molecule has 0 atom stereocenters. The summed E-state index contributed by atoms with van der Waals surface area (Å²) in [6, 6.07) is 0. The Hall–Kier alpha value is -0.490. The minimum absolute atomic E-state index is 0.656. The van der Waals surface area contributed by atoms with Crippen molar-refractivity contribution in [2.24, 2.45) is 0 Å². The van der Waals surface area contributed by atoms with Crippen LogP contribution in [0.2, 0.25) is 0 Å². The minimum Gasteiger partial charge on any atom is -0.382 e. The van der Waals surface area contributed by atoms with Crippen LogP contribution in [0.5, 0.6) is 0 Å². The van der Waals surface area contributed by atoms with Crippen LogP contribution in [0.25, 0.3) is 0 Å². The Kier molecular flexibility index (Phi) is 7.33. The molecule has 0 saturated heterocycles. The number of aromatic nitrogens is 1. The Labute approximate surface area is 101 Å². The summed E-state index contributed by atoms with van der Waals surface area (Å²) < 4.78 is 10.3. The largest absolute Gasteiger partial charge is 0.382 e. The summed E-state index contributed by atoms with van der Waals surface area (Å²) in [4.78, 5) is 4.51. The van der Waals surface area contributed by atoms with Crippen LogP contribution in [0.1, 0.15) is 17.6 Å². The molecule has 92 valence electrons. The van der Waals surface area contributed by atoms with Gasteiger partial charge in [-0.1, -0.05) is 6.92 Å². The third-order valence-electron chi connectivity index (χ3n) is 2.05. The van der Waals surface area contributed by atoms with Crippen molar-refractivity contribution in [2.45, 2.75) is 19.9 Å². The van der Waals surface area contributed by atoms with Gasteiger partial charge in [0.05, 0.1) is 30.5 Å². The number of hydrogen-bond donors (Lipinski definition) is 1. The Bertz CT molecular complexity index is 279. The molecule has 0 aromatic carbocycles. The molecule has 0 radical (unpaired) electrons. The second-order valence-corrected chi connectivity index (χ2v) is 4.31. The lowest BCUT2D eigenvalue weighted by molar-refractivity contribution is 0.0722. The molecular weight excluding hydrogens is 224 g/mol. The zero-order valence-corrected chi connectivity index (χ0v) is 10.8. The van der Waals surface area contributed by atoms with Crippen LogP contribution < -0.4 is 5.32 Å². The molecule has 0 aliphatic carbocycles. The molecule has 1 heterocycles. The van der Waals surface area contributed by atoms with Crippen molar-refractivity contribution < 1.29 is 9.47 Å². The smallest absolute Gasteiger partial charge is 0.0951 e. The molecule has 0 saturated carbocycles. The normalized spacial score (nSPS) is 10.9. The molecule has 0 fully saturated rings. The maximum atomic E-state index is 5.39. The quantitative estimate of drug-likeness (QED) is 0.668. The van der Waals surface area contributed by atoms with Gasteiger partial charge in [0.1, 0.15) is 0 Å². The highest BCUT2D eigenvalue weighted by molar-refractivity contribution is 7.09. The number of hydrogen-bond acceptors (Lipinski definition) is 5. The van der Waals surface area contributed by atoms with E-state index in [1.165, 1.54) is 0 Å². The fourth-order valence-corrected chi connectivity index (χ4v) is 1.98. The van der Waals surface area contributed by atoms with E-state index in [2.05, 4.69) is 22.6 Å². The zero-order valence-electron chi connectivity index (χ0n) is 9.99. The van der Waals surface area contributed by atoms with Gasteiger partial charge in [-0.3, -0.25) is 0 Å². The molecule has 0 unspecified atom stereocenters. The first-order valence-corrected chi connectivity index (χ1v) is 6.45. The first-order valence-electron chi connectivity index (χ1n) is 5.57. The lowest BCUT2D eigenvalue weighted by Gasteiger charge is -2.01. The number of thiazole rings is 1. The highest BCUT2D eigenvalue weighted by Gasteiger charge is 2.01. The summed E-state index contributed by atoms with van der Waals surface area (Å²) >= 11 is 1.70. The van der Waals surface area contributed by atoms with Crippen molar-refractivity contribution in [3.8, 4) is 0 Å². The zero-order chi connectivity index (χ0) is 11.6. The van der Waals surface area contributed by atoms with Crippen LogP contribution >= 0.6 is 11.3 Å². The van der Waals surface area contributed by atoms with E-state index in [1.54, 1.807) is 18.4 Å². The standard InChI is InChI=1S/C11H20N2O2S/c1-3-12-8-10-9-16-11(13-10)4-5-15-7-6-14-2/h9,12H,3-8H2,1-2H3. The monoisotopic (exact) mass is 244 g/mol. The van der Waals surface area contributed by atoms with Crippen molar-refractivity contribution in [3.63, 3.8) is 0 Å². The Morgan fingerprint density at radius 2 is 2.25 bits per heavy atom. The fraction of sp³-hybridized carbons (Fsp3) is 0.727. The van der Waals surface area contributed by atoms with Gasteiger partial charge in [0, 0.05) is 25.5 Å². The van der Waals surface area contributed by atoms with Crippen molar-refractivity contribution in [3.05, 3.63) is 16.1 Å². The number of nitrogens with zero attached hydrogens (tertiary/aromatic N) is 1. The average molecular weight is 244 g/mol. The number of methoxy groups -OCH3 is 1. The third kappa shape index (κ3) is 5.55. The van der Waals surface area contributed by atoms with E-state index >= 15 is 0 Å². The molecular formula is C11H20N2O2S. The van der Waals surface area contributed by atoms with Crippen LogP contribution in [-0.4, -0.2) is 38.5 Å². The summed E-state index contributed by atoms with van der Waals surface area (Å²) in [5.74, 6) is 0. The van der Waals surface area contributed by atoms with Gasteiger partial charge in [-0.15, -0.1) is 11.3 Å². The molecule has 0 aliphatic rings. The highest BCUT2D eigenvalue weighted by atomic mass is 32.1. The van der Waals surface area contributed by atoms with Gasteiger partial charge in [-0.2, -0.15) is 0 Å². The summed E-state index contributed by atoms with van der Waals surface area (Å²) in [6.07, 6.45) is 0.889. The summed E-state index contributed by atoms with van der Waals surface area (Å²) in [5.41, 5.74) is 1.12. The van der Waals surface area contributed by atoms with Crippen molar-refractivity contribution in [2.75, 3.05) is 33.5 Å². The van der Waals surface area contributed by atoms with Crippen molar-refractivity contribution in [1.82, 2.24) is 10.3 Å². The molecule has 1 aromatic rings. The molecule has 1 aromatic heterocycles. The van der Waals surface area contributed by atoms with Crippen LogP contribution in [0.15, 0.2) is 5.38 Å². The molecule has 5 heteroatoms. The maximum absolute atomic E-state index is 5.39. The number of rotatable bonds is 9. The van der Waals surface area contributed by atoms with Crippen molar-refractivity contribution >= 4 is 11.3 Å². The van der Waals surface area contributed by atoms with Crippen LogP contribution in [0, 0.1) is 0 Å². The molecule has 0 amide bonds. The van der Waals surface area contributed by atoms with E-state index in [-0.39, 0.29) is 0 Å². The van der Waals surface area contributed by atoms with Crippen LogP contribution in [0.4, 0.5) is 0 Å². The lowest BCUT2D eigenvalue weighted by Crippen LogP contribution is -2.12. The predicted octanol–water partition coefficient (Wildman–Crippen LogP) is 1.46. The summed E-state index contributed by atoms with van der Waals surface area (Å²) in [7, 11) is 1.68. The Balaban J connectivity index is 2.14. The lowest BCUT2D eigenvalue weighted by atomic mass is 10.4. The molecule has 1 rings (SSSR count). The highest BCUT2D eigenvalue weighted by Crippen LogP contribution is 2.10. The second kappa shape index (κ2) is 8.64. The van der Waals surface area contributed by atoms with Gasteiger partial charge in [-0.05, 0) is 6.54 Å². The van der Waals surface area contributed by atoms with Crippen LogP contribution in [0.3, 0.4) is 0 Å². The maximum Gasteiger partial charge on any atom is 0.0951 e. The van der Waals surface area contributed by atoms with Gasteiger partial charge < -0.3 is 14.8 Å². The molecule has 16 heavy (non-hydrogen) atoms. The van der Waals surface area contributed by atoms with Gasteiger partial charge in [0.2, 0.25) is 0 Å².